The second-order valence-corrected chi connectivity index (χ2v) is 5.97. The average molecular weight is 311 g/mol. The summed E-state index contributed by atoms with van der Waals surface area (Å²) in [6.45, 7) is 4.53. The number of halogens is 1. The van der Waals surface area contributed by atoms with Crippen LogP contribution in [0.15, 0.2) is 24.3 Å². The van der Waals surface area contributed by atoms with Crippen molar-refractivity contribution in [3.05, 3.63) is 29.3 Å². The standard InChI is InChI=1S/C16H23ClN2O2/c1-12(21-15-5-3-2-4-14(15)17)10-19-16(20)7-6-13-8-9-18-11-13/h2-5,12-13,18H,6-11H2,1H3,(H,19,20). The molecule has 0 aliphatic carbocycles. The molecule has 1 aromatic rings. The highest BCUT2D eigenvalue weighted by Gasteiger charge is 2.16. The lowest BCUT2D eigenvalue weighted by atomic mass is 10.0. The third-order valence-corrected chi connectivity index (χ3v) is 4.01. The number of carbonyl (C=O) groups is 1. The Balaban J connectivity index is 1.65. The highest BCUT2D eigenvalue weighted by molar-refractivity contribution is 6.32. The SMILES string of the molecule is CC(CNC(=O)CCC1CCNC1)Oc1ccccc1Cl. The van der Waals surface area contributed by atoms with Gasteiger partial charge in [-0.2, -0.15) is 0 Å². The third-order valence-electron chi connectivity index (χ3n) is 3.69. The molecule has 1 amide bonds. The van der Waals surface area contributed by atoms with Crippen molar-refractivity contribution < 1.29 is 9.53 Å². The number of ether oxygens (including phenoxy) is 1. The number of hydrogen-bond acceptors (Lipinski definition) is 3. The van der Waals surface area contributed by atoms with Gasteiger partial charge in [0.25, 0.3) is 0 Å². The minimum atomic E-state index is -0.109. The molecule has 0 saturated carbocycles. The van der Waals surface area contributed by atoms with Crippen LogP contribution in [-0.2, 0) is 4.79 Å². The van der Waals surface area contributed by atoms with Crippen molar-refractivity contribution in [3.8, 4) is 5.75 Å². The minimum absolute atomic E-state index is 0.0940. The average Bonchev–Trinajstić information content (AvgIpc) is 2.99. The minimum Gasteiger partial charge on any atom is -0.487 e. The largest absolute Gasteiger partial charge is 0.487 e. The molecule has 1 saturated heterocycles. The molecule has 0 bridgehead atoms. The second-order valence-electron chi connectivity index (χ2n) is 5.56. The Morgan fingerprint density at radius 2 is 2.33 bits per heavy atom. The topological polar surface area (TPSA) is 50.4 Å². The summed E-state index contributed by atoms with van der Waals surface area (Å²) in [5.74, 6) is 1.39. The summed E-state index contributed by atoms with van der Waals surface area (Å²) in [5, 5.41) is 6.82. The Hall–Kier alpha value is -1.26. The van der Waals surface area contributed by atoms with Crippen LogP contribution in [0.4, 0.5) is 0 Å². The zero-order valence-electron chi connectivity index (χ0n) is 12.4. The maximum absolute atomic E-state index is 11.8. The van der Waals surface area contributed by atoms with Crippen molar-refractivity contribution in [1.29, 1.82) is 0 Å². The van der Waals surface area contributed by atoms with E-state index in [0.29, 0.717) is 29.7 Å². The molecule has 2 unspecified atom stereocenters. The van der Waals surface area contributed by atoms with Crippen LogP contribution in [-0.4, -0.2) is 31.6 Å². The number of rotatable bonds is 7. The normalized spacial score (nSPS) is 19.2. The van der Waals surface area contributed by atoms with Crippen LogP contribution in [0.25, 0.3) is 0 Å². The Labute approximate surface area is 131 Å². The molecule has 5 heteroatoms. The van der Waals surface area contributed by atoms with Crippen LogP contribution < -0.4 is 15.4 Å². The summed E-state index contributed by atoms with van der Waals surface area (Å²) < 4.78 is 5.72. The Bertz CT molecular complexity index is 461. The molecule has 116 valence electrons. The van der Waals surface area contributed by atoms with Gasteiger partial charge in [0.05, 0.1) is 11.6 Å². The maximum Gasteiger partial charge on any atom is 0.220 e. The van der Waals surface area contributed by atoms with E-state index in [2.05, 4.69) is 10.6 Å². The first kappa shape index (κ1) is 16.1. The molecule has 0 aromatic heterocycles. The van der Waals surface area contributed by atoms with E-state index >= 15 is 0 Å². The molecule has 0 radical (unpaired) electrons. The fourth-order valence-corrected chi connectivity index (χ4v) is 2.62. The van der Waals surface area contributed by atoms with Gasteiger partial charge in [-0.05, 0) is 50.9 Å². The van der Waals surface area contributed by atoms with Gasteiger partial charge in [0.15, 0.2) is 0 Å². The molecule has 4 nitrogen and oxygen atoms in total. The molecule has 21 heavy (non-hydrogen) atoms. The van der Waals surface area contributed by atoms with Crippen LogP contribution >= 0.6 is 11.6 Å². The molecule has 2 atom stereocenters. The summed E-state index contributed by atoms with van der Waals surface area (Å²) in [4.78, 5) is 11.8. The van der Waals surface area contributed by atoms with Gasteiger partial charge in [0, 0.05) is 6.42 Å². The van der Waals surface area contributed by atoms with Gasteiger partial charge >= 0.3 is 0 Å². The first-order valence-electron chi connectivity index (χ1n) is 7.53. The molecule has 1 aliphatic rings. The zero-order chi connectivity index (χ0) is 15.1. The third kappa shape index (κ3) is 5.56. The van der Waals surface area contributed by atoms with Crippen LogP contribution in [0.5, 0.6) is 5.75 Å². The van der Waals surface area contributed by atoms with Gasteiger partial charge < -0.3 is 15.4 Å². The van der Waals surface area contributed by atoms with E-state index in [-0.39, 0.29) is 12.0 Å². The van der Waals surface area contributed by atoms with Crippen molar-refractivity contribution in [2.45, 2.75) is 32.3 Å². The Morgan fingerprint density at radius 1 is 1.52 bits per heavy atom. The van der Waals surface area contributed by atoms with Gasteiger partial charge in [-0.1, -0.05) is 23.7 Å². The van der Waals surface area contributed by atoms with Gasteiger partial charge in [0.2, 0.25) is 5.91 Å². The van der Waals surface area contributed by atoms with Crippen molar-refractivity contribution in [2.75, 3.05) is 19.6 Å². The van der Waals surface area contributed by atoms with E-state index in [1.54, 1.807) is 6.07 Å². The van der Waals surface area contributed by atoms with Crippen molar-refractivity contribution in [1.82, 2.24) is 10.6 Å². The molecule has 1 heterocycles. The molecule has 1 aliphatic heterocycles. The number of nitrogens with one attached hydrogen (secondary N) is 2. The lowest BCUT2D eigenvalue weighted by Gasteiger charge is -2.16. The fourth-order valence-electron chi connectivity index (χ4n) is 2.44. The van der Waals surface area contributed by atoms with E-state index in [0.717, 1.165) is 19.5 Å². The second kappa shape index (κ2) is 8.25. The molecule has 1 fully saturated rings. The number of para-hydroxylation sites is 1. The van der Waals surface area contributed by atoms with E-state index in [1.165, 1.54) is 6.42 Å². The summed E-state index contributed by atoms with van der Waals surface area (Å²) >= 11 is 6.04. The predicted molar refractivity (Wildman–Crippen MR) is 84.8 cm³/mol. The predicted octanol–water partition coefficient (Wildman–Crippen LogP) is 2.61. The number of amides is 1. The van der Waals surface area contributed by atoms with Crippen LogP contribution in [0.1, 0.15) is 26.2 Å². The Kier molecular flexibility index (Phi) is 6.33. The van der Waals surface area contributed by atoms with Crippen LogP contribution in [0.3, 0.4) is 0 Å². The molecule has 2 rings (SSSR count). The van der Waals surface area contributed by atoms with Crippen molar-refractivity contribution >= 4 is 17.5 Å². The first-order valence-corrected chi connectivity index (χ1v) is 7.91. The van der Waals surface area contributed by atoms with E-state index in [1.807, 2.05) is 25.1 Å². The van der Waals surface area contributed by atoms with Gasteiger partial charge in [0.1, 0.15) is 11.9 Å². The molecular formula is C16H23ClN2O2. The van der Waals surface area contributed by atoms with E-state index in [4.69, 9.17) is 16.3 Å². The summed E-state index contributed by atoms with van der Waals surface area (Å²) in [5.41, 5.74) is 0. The lowest BCUT2D eigenvalue weighted by molar-refractivity contribution is -0.121. The van der Waals surface area contributed by atoms with Crippen LogP contribution in [0.2, 0.25) is 5.02 Å². The zero-order valence-corrected chi connectivity index (χ0v) is 13.2. The summed E-state index contributed by atoms with van der Waals surface area (Å²) in [6, 6.07) is 7.35. The molecule has 0 spiro atoms. The summed E-state index contributed by atoms with van der Waals surface area (Å²) in [7, 11) is 0. The molecule has 2 N–H and O–H groups in total. The van der Waals surface area contributed by atoms with E-state index < -0.39 is 0 Å². The number of benzene rings is 1. The lowest BCUT2D eigenvalue weighted by Crippen LogP contribution is -2.33. The van der Waals surface area contributed by atoms with E-state index in [9.17, 15) is 4.79 Å². The number of carbonyl (C=O) groups excluding carboxylic acids is 1. The fraction of sp³-hybridized carbons (Fsp3) is 0.562. The van der Waals surface area contributed by atoms with Gasteiger partial charge in [-0.25, -0.2) is 0 Å². The first-order chi connectivity index (χ1) is 10.1. The molecular weight excluding hydrogens is 288 g/mol. The summed E-state index contributed by atoms with van der Waals surface area (Å²) in [6.07, 6.45) is 2.62. The van der Waals surface area contributed by atoms with Gasteiger partial charge in [-0.15, -0.1) is 0 Å². The monoisotopic (exact) mass is 310 g/mol. The quantitative estimate of drug-likeness (QED) is 0.814. The smallest absolute Gasteiger partial charge is 0.220 e. The Morgan fingerprint density at radius 3 is 3.05 bits per heavy atom. The van der Waals surface area contributed by atoms with Crippen molar-refractivity contribution in [2.24, 2.45) is 5.92 Å². The highest BCUT2D eigenvalue weighted by Crippen LogP contribution is 2.24. The maximum atomic E-state index is 11.8. The number of hydrogen-bond donors (Lipinski definition) is 2. The van der Waals surface area contributed by atoms with Gasteiger partial charge in [-0.3, -0.25) is 4.79 Å². The van der Waals surface area contributed by atoms with Crippen molar-refractivity contribution in [3.63, 3.8) is 0 Å². The highest BCUT2D eigenvalue weighted by atomic mass is 35.5. The molecule has 1 aromatic carbocycles. The van der Waals surface area contributed by atoms with Crippen LogP contribution in [0, 0.1) is 5.92 Å².